The Morgan fingerprint density at radius 2 is 1.93 bits per heavy atom. The Labute approximate surface area is 177 Å². The van der Waals surface area contributed by atoms with Crippen LogP contribution in [0.15, 0.2) is 23.1 Å². The summed E-state index contributed by atoms with van der Waals surface area (Å²) < 4.78 is 26.9. The minimum Gasteiger partial charge on any atom is -0.369 e. The number of halogens is 1. The first-order valence-corrected chi connectivity index (χ1v) is 11.7. The molecule has 1 aromatic rings. The fraction of sp³-hybridized carbons (Fsp3) is 0.579. The molecule has 3 N–H and O–H groups in total. The minimum absolute atomic E-state index is 0.0948. The summed E-state index contributed by atoms with van der Waals surface area (Å²) in [4.78, 5) is 25.5. The number of amides is 2. The lowest BCUT2D eigenvalue weighted by molar-refractivity contribution is -0.120. The normalized spacial score (nSPS) is 15.0. The Morgan fingerprint density at radius 1 is 1.24 bits per heavy atom. The maximum atomic E-state index is 12.7. The van der Waals surface area contributed by atoms with Crippen molar-refractivity contribution in [3.8, 4) is 0 Å². The second-order valence-corrected chi connectivity index (χ2v) is 9.49. The molecule has 2 amide bonds. The van der Waals surface area contributed by atoms with Crippen LogP contribution >= 0.6 is 11.6 Å². The third-order valence-corrected chi connectivity index (χ3v) is 7.00. The van der Waals surface area contributed by atoms with E-state index < -0.39 is 15.9 Å². The molecule has 0 atom stereocenters. The Morgan fingerprint density at radius 3 is 2.55 bits per heavy atom. The number of carbonyl (C=O) groups is 2. The number of anilines is 1. The van der Waals surface area contributed by atoms with Crippen LogP contribution in [0.5, 0.6) is 0 Å². The molecule has 0 spiro atoms. The van der Waals surface area contributed by atoms with Crippen LogP contribution < -0.4 is 11.1 Å². The van der Waals surface area contributed by atoms with Crippen molar-refractivity contribution in [2.45, 2.75) is 43.9 Å². The fourth-order valence-electron chi connectivity index (χ4n) is 3.18. The molecular formula is C19H29ClN4O4S. The molecule has 0 aromatic heterocycles. The molecule has 1 fully saturated rings. The zero-order valence-electron chi connectivity index (χ0n) is 16.7. The van der Waals surface area contributed by atoms with Crippen molar-refractivity contribution in [1.29, 1.82) is 0 Å². The molecule has 29 heavy (non-hydrogen) atoms. The molecular weight excluding hydrogens is 416 g/mol. The van der Waals surface area contributed by atoms with E-state index in [-0.39, 0.29) is 34.5 Å². The summed E-state index contributed by atoms with van der Waals surface area (Å²) in [6.45, 7) is 4.19. The summed E-state index contributed by atoms with van der Waals surface area (Å²) in [6, 6.07) is 4.32. The number of hydrogen-bond donors (Lipinski definition) is 2. The van der Waals surface area contributed by atoms with Gasteiger partial charge in [0, 0.05) is 26.1 Å². The van der Waals surface area contributed by atoms with Gasteiger partial charge in [0.15, 0.2) is 0 Å². The van der Waals surface area contributed by atoms with Gasteiger partial charge in [-0.05, 0) is 44.0 Å². The van der Waals surface area contributed by atoms with Crippen molar-refractivity contribution in [2.24, 2.45) is 5.73 Å². The average molecular weight is 445 g/mol. The van der Waals surface area contributed by atoms with Gasteiger partial charge >= 0.3 is 0 Å². The number of nitrogens with one attached hydrogen (secondary N) is 1. The van der Waals surface area contributed by atoms with Crippen LogP contribution in [0.2, 0.25) is 5.02 Å². The van der Waals surface area contributed by atoms with Crippen LogP contribution in [0.25, 0.3) is 0 Å². The van der Waals surface area contributed by atoms with Gasteiger partial charge < -0.3 is 11.1 Å². The number of benzene rings is 1. The topological polar surface area (TPSA) is 113 Å². The van der Waals surface area contributed by atoms with Gasteiger partial charge in [0.25, 0.3) is 0 Å². The number of carbonyl (C=O) groups excluding carboxylic acids is 2. The lowest BCUT2D eigenvalue weighted by Crippen LogP contribution is -2.36. The molecule has 1 saturated heterocycles. The first-order chi connectivity index (χ1) is 13.7. The van der Waals surface area contributed by atoms with Crippen molar-refractivity contribution in [2.75, 3.05) is 38.0 Å². The van der Waals surface area contributed by atoms with E-state index >= 15 is 0 Å². The monoisotopic (exact) mass is 444 g/mol. The zero-order valence-corrected chi connectivity index (χ0v) is 18.3. The lowest BCUT2D eigenvalue weighted by Gasteiger charge is -2.20. The lowest BCUT2D eigenvalue weighted by atomic mass is 10.2. The molecule has 10 heteroatoms. The summed E-state index contributed by atoms with van der Waals surface area (Å²) in [6.07, 6.45) is 3.69. The minimum atomic E-state index is -3.60. The Kier molecular flexibility index (Phi) is 8.88. The van der Waals surface area contributed by atoms with Crippen molar-refractivity contribution in [3.63, 3.8) is 0 Å². The van der Waals surface area contributed by atoms with Crippen LogP contribution in [0.3, 0.4) is 0 Å². The highest BCUT2D eigenvalue weighted by Gasteiger charge is 2.27. The maximum absolute atomic E-state index is 12.7. The molecule has 0 saturated carbocycles. The van der Waals surface area contributed by atoms with Gasteiger partial charge in [-0.15, -0.1) is 0 Å². The van der Waals surface area contributed by atoms with Gasteiger partial charge in [-0.1, -0.05) is 24.9 Å². The smallest absolute Gasteiger partial charge is 0.243 e. The zero-order chi connectivity index (χ0) is 21.4. The fourth-order valence-corrected chi connectivity index (χ4v) is 4.89. The molecule has 0 radical (unpaired) electrons. The summed E-state index contributed by atoms with van der Waals surface area (Å²) in [7, 11) is -3.60. The Bertz CT molecular complexity index is 825. The molecule has 0 aliphatic carbocycles. The molecule has 1 heterocycles. The van der Waals surface area contributed by atoms with Crippen LogP contribution in [-0.2, 0) is 19.6 Å². The predicted octanol–water partition coefficient (Wildman–Crippen LogP) is 2.04. The number of primary amides is 1. The number of hydrogen-bond acceptors (Lipinski definition) is 5. The van der Waals surface area contributed by atoms with E-state index in [1.165, 1.54) is 22.5 Å². The van der Waals surface area contributed by atoms with E-state index in [0.29, 0.717) is 26.2 Å². The summed E-state index contributed by atoms with van der Waals surface area (Å²) in [5.74, 6) is -0.752. The number of nitrogens with zero attached hydrogens (tertiary/aromatic N) is 2. The van der Waals surface area contributed by atoms with Gasteiger partial charge in [-0.2, -0.15) is 4.31 Å². The molecule has 2 rings (SSSR count). The molecule has 162 valence electrons. The van der Waals surface area contributed by atoms with Crippen LogP contribution in [-0.4, -0.2) is 62.2 Å². The molecule has 1 aliphatic rings. The van der Waals surface area contributed by atoms with E-state index in [9.17, 15) is 18.0 Å². The van der Waals surface area contributed by atoms with Crippen LogP contribution in [0.4, 0.5) is 5.69 Å². The van der Waals surface area contributed by atoms with Gasteiger partial charge in [0.1, 0.15) is 0 Å². The highest BCUT2D eigenvalue weighted by molar-refractivity contribution is 7.89. The standard InChI is InChI=1S/C19H29ClN4O4S/c1-2-3-9-23(14-18(21)25)12-8-19(26)22-17-13-15(6-7-16(17)20)29(27,28)24-10-4-5-11-24/h6-7,13H,2-5,8-12,14H2,1H3,(H2,21,25)(H,22,26). The number of nitrogens with two attached hydrogens (primary N) is 1. The van der Waals surface area contributed by atoms with Crippen molar-refractivity contribution < 1.29 is 18.0 Å². The van der Waals surface area contributed by atoms with E-state index in [2.05, 4.69) is 5.32 Å². The van der Waals surface area contributed by atoms with Gasteiger partial charge in [-0.25, -0.2) is 8.42 Å². The number of sulfonamides is 1. The number of unbranched alkanes of at least 4 members (excludes halogenated alkanes) is 1. The Balaban J connectivity index is 2.03. The SMILES string of the molecule is CCCCN(CCC(=O)Nc1cc(S(=O)(=O)N2CCCC2)ccc1Cl)CC(N)=O. The highest BCUT2D eigenvalue weighted by Crippen LogP contribution is 2.28. The van der Waals surface area contributed by atoms with Gasteiger partial charge in [0.2, 0.25) is 21.8 Å². The van der Waals surface area contributed by atoms with Crippen LogP contribution in [0.1, 0.15) is 39.0 Å². The molecule has 8 nitrogen and oxygen atoms in total. The summed E-state index contributed by atoms with van der Waals surface area (Å²) in [5, 5.41) is 2.94. The van der Waals surface area contributed by atoms with E-state index in [1.54, 1.807) is 0 Å². The van der Waals surface area contributed by atoms with E-state index in [4.69, 9.17) is 17.3 Å². The largest absolute Gasteiger partial charge is 0.369 e. The second-order valence-electron chi connectivity index (χ2n) is 7.15. The van der Waals surface area contributed by atoms with E-state index in [1.807, 2.05) is 11.8 Å². The molecule has 0 bridgehead atoms. The quantitative estimate of drug-likeness (QED) is 0.542. The molecule has 1 aromatic carbocycles. The number of rotatable bonds is 11. The predicted molar refractivity (Wildman–Crippen MR) is 113 cm³/mol. The first kappa shape index (κ1) is 23.6. The van der Waals surface area contributed by atoms with Crippen molar-refractivity contribution in [3.05, 3.63) is 23.2 Å². The summed E-state index contributed by atoms with van der Waals surface area (Å²) in [5.41, 5.74) is 5.52. The average Bonchev–Trinajstić information content (AvgIpc) is 3.21. The van der Waals surface area contributed by atoms with Gasteiger partial charge in [0.05, 0.1) is 22.2 Å². The molecule has 1 aliphatic heterocycles. The molecule has 0 unspecified atom stereocenters. The maximum Gasteiger partial charge on any atom is 0.243 e. The van der Waals surface area contributed by atoms with Crippen molar-refractivity contribution >= 4 is 39.1 Å². The van der Waals surface area contributed by atoms with Crippen LogP contribution in [0, 0.1) is 0 Å². The third kappa shape index (κ3) is 6.95. The van der Waals surface area contributed by atoms with Crippen molar-refractivity contribution in [1.82, 2.24) is 9.21 Å². The third-order valence-electron chi connectivity index (χ3n) is 4.78. The Hall–Kier alpha value is -1.68. The first-order valence-electron chi connectivity index (χ1n) is 9.84. The highest BCUT2D eigenvalue weighted by atomic mass is 35.5. The van der Waals surface area contributed by atoms with E-state index in [0.717, 1.165) is 25.7 Å². The summed E-state index contributed by atoms with van der Waals surface area (Å²) >= 11 is 6.16. The van der Waals surface area contributed by atoms with Gasteiger partial charge in [-0.3, -0.25) is 14.5 Å². The second kappa shape index (κ2) is 10.9.